The summed E-state index contributed by atoms with van der Waals surface area (Å²) in [6, 6.07) is 0.403. The molecule has 0 heterocycles. The van der Waals surface area contributed by atoms with Gasteiger partial charge in [0.15, 0.2) is 0 Å². The molecule has 0 aliphatic heterocycles. The highest BCUT2D eigenvalue weighted by Gasteiger charge is 2.56. The van der Waals surface area contributed by atoms with Gasteiger partial charge < -0.3 is 5.32 Å². The van der Waals surface area contributed by atoms with Crippen LogP contribution in [0, 0.1) is 28.6 Å². The van der Waals surface area contributed by atoms with Gasteiger partial charge in [0.05, 0.1) is 0 Å². The minimum atomic E-state index is -0.225. The molecule has 0 radical (unpaired) electrons. The molecule has 18 heavy (non-hydrogen) atoms. The minimum Gasteiger partial charge on any atom is -0.353 e. The van der Waals surface area contributed by atoms with Crippen molar-refractivity contribution >= 4 is 5.91 Å². The Balaban J connectivity index is 1.99. The van der Waals surface area contributed by atoms with Crippen molar-refractivity contribution in [1.29, 1.82) is 0 Å². The predicted octanol–water partition coefficient (Wildman–Crippen LogP) is 3.61. The molecule has 104 valence electrons. The fourth-order valence-electron chi connectivity index (χ4n) is 3.86. The molecule has 0 spiro atoms. The van der Waals surface area contributed by atoms with Crippen LogP contribution in [0.5, 0.6) is 0 Å². The molecule has 1 N–H and O–H groups in total. The summed E-state index contributed by atoms with van der Waals surface area (Å²) in [6.07, 6.45) is 3.45. The lowest BCUT2D eigenvalue weighted by atomic mass is 9.44. The maximum Gasteiger partial charge on any atom is 0.225 e. The van der Waals surface area contributed by atoms with Crippen molar-refractivity contribution in [3.8, 4) is 0 Å². The van der Waals surface area contributed by atoms with Gasteiger partial charge in [0.1, 0.15) is 0 Å². The van der Waals surface area contributed by atoms with Crippen molar-refractivity contribution in [2.45, 2.75) is 66.8 Å². The molecule has 3 fully saturated rings. The van der Waals surface area contributed by atoms with Gasteiger partial charge in [0.25, 0.3) is 0 Å². The molecule has 1 amide bonds. The molecule has 3 aliphatic rings. The molecule has 0 aromatic carbocycles. The van der Waals surface area contributed by atoms with E-state index in [0.29, 0.717) is 17.4 Å². The van der Waals surface area contributed by atoms with Gasteiger partial charge in [0.2, 0.25) is 5.91 Å². The van der Waals surface area contributed by atoms with Gasteiger partial charge in [-0.15, -0.1) is 0 Å². The van der Waals surface area contributed by atoms with E-state index in [4.69, 9.17) is 0 Å². The molecule has 3 saturated carbocycles. The maximum atomic E-state index is 12.3. The summed E-state index contributed by atoms with van der Waals surface area (Å²) in [5.41, 5.74) is 0.276. The molecule has 2 unspecified atom stereocenters. The zero-order chi connectivity index (χ0) is 13.7. The molecule has 3 aliphatic carbocycles. The van der Waals surface area contributed by atoms with Gasteiger partial charge in [0, 0.05) is 11.5 Å². The maximum absolute atomic E-state index is 12.3. The lowest BCUT2D eigenvalue weighted by molar-refractivity contribution is -0.140. The Hall–Kier alpha value is -0.530. The summed E-state index contributed by atoms with van der Waals surface area (Å²) in [7, 11) is 0. The van der Waals surface area contributed by atoms with Gasteiger partial charge in [-0.25, -0.2) is 0 Å². The second kappa shape index (κ2) is 4.25. The number of rotatable bonds is 3. The summed E-state index contributed by atoms with van der Waals surface area (Å²) in [5, 5.41) is 3.32. The van der Waals surface area contributed by atoms with E-state index in [1.807, 2.05) is 13.8 Å². The molecule has 2 heteroatoms. The van der Waals surface area contributed by atoms with Crippen LogP contribution in [0.4, 0.5) is 0 Å². The Morgan fingerprint density at radius 2 is 1.94 bits per heavy atom. The summed E-state index contributed by atoms with van der Waals surface area (Å²) >= 11 is 0. The Bertz CT molecular complexity index is 345. The zero-order valence-electron chi connectivity index (χ0n) is 12.8. The zero-order valence-corrected chi connectivity index (χ0v) is 12.8. The first-order chi connectivity index (χ1) is 8.20. The quantitative estimate of drug-likeness (QED) is 0.815. The van der Waals surface area contributed by atoms with E-state index in [1.54, 1.807) is 0 Å². The summed E-state index contributed by atoms with van der Waals surface area (Å²) in [6.45, 7) is 13.3. The fraction of sp³-hybridized carbons (Fsp3) is 0.938. The largest absolute Gasteiger partial charge is 0.353 e. The summed E-state index contributed by atoms with van der Waals surface area (Å²) in [5.74, 6) is 2.47. The highest BCUT2D eigenvalue weighted by atomic mass is 16.2. The second-order valence-electron chi connectivity index (χ2n) is 7.77. The minimum absolute atomic E-state index is 0.225. The number of hydrogen-bond acceptors (Lipinski definition) is 1. The van der Waals surface area contributed by atoms with Crippen LogP contribution in [-0.2, 0) is 4.79 Å². The number of nitrogens with one attached hydrogen (secondary N) is 1. The average Bonchev–Trinajstić information content (AvgIpc) is 2.30. The van der Waals surface area contributed by atoms with Crippen LogP contribution >= 0.6 is 0 Å². The molecule has 0 saturated heterocycles. The van der Waals surface area contributed by atoms with Crippen molar-refractivity contribution in [2.24, 2.45) is 28.6 Å². The lowest BCUT2D eigenvalue weighted by Gasteiger charge is -2.62. The van der Waals surface area contributed by atoms with Gasteiger partial charge in [-0.05, 0) is 42.4 Å². The first-order valence-corrected chi connectivity index (χ1v) is 7.51. The molecule has 0 aromatic heterocycles. The van der Waals surface area contributed by atoms with Crippen LogP contribution in [0.3, 0.4) is 0 Å². The Kier molecular flexibility index (Phi) is 3.28. The van der Waals surface area contributed by atoms with E-state index in [2.05, 4.69) is 33.0 Å². The van der Waals surface area contributed by atoms with Crippen molar-refractivity contribution in [3.05, 3.63) is 0 Å². The monoisotopic (exact) mass is 251 g/mol. The Morgan fingerprint density at radius 1 is 1.33 bits per heavy atom. The molecule has 2 bridgehead atoms. The summed E-state index contributed by atoms with van der Waals surface area (Å²) in [4.78, 5) is 12.3. The molecule has 3 rings (SSSR count). The van der Waals surface area contributed by atoms with Crippen LogP contribution < -0.4 is 5.32 Å². The van der Waals surface area contributed by atoms with E-state index < -0.39 is 0 Å². The third-order valence-electron chi connectivity index (χ3n) is 6.17. The number of carbonyl (C=O) groups is 1. The van der Waals surface area contributed by atoms with Gasteiger partial charge >= 0.3 is 0 Å². The first-order valence-electron chi connectivity index (χ1n) is 7.51. The van der Waals surface area contributed by atoms with Crippen molar-refractivity contribution < 1.29 is 4.79 Å². The van der Waals surface area contributed by atoms with Crippen LogP contribution in [0.1, 0.15) is 60.8 Å². The number of fused-ring (bicyclic) bond motifs is 2. The molecule has 0 aromatic rings. The van der Waals surface area contributed by atoms with E-state index in [1.165, 1.54) is 12.8 Å². The van der Waals surface area contributed by atoms with Gasteiger partial charge in [-0.3, -0.25) is 4.79 Å². The smallest absolute Gasteiger partial charge is 0.225 e. The van der Waals surface area contributed by atoms with Crippen LogP contribution in [0.2, 0.25) is 0 Å². The van der Waals surface area contributed by atoms with E-state index >= 15 is 0 Å². The van der Waals surface area contributed by atoms with Crippen LogP contribution in [-0.4, -0.2) is 11.9 Å². The third-order valence-corrected chi connectivity index (χ3v) is 6.17. The van der Waals surface area contributed by atoms with Crippen molar-refractivity contribution in [1.82, 2.24) is 5.32 Å². The van der Waals surface area contributed by atoms with Gasteiger partial charge in [-0.1, -0.05) is 41.5 Å². The third kappa shape index (κ3) is 1.98. The van der Waals surface area contributed by atoms with E-state index in [0.717, 1.165) is 18.3 Å². The number of carbonyl (C=O) groups excluding carboxylic acids is 1. The first kappa shape index (κ1) is 13.9. The number of amides is 1. The van der Waals surface area contributed by atoms with E-state index in [9.17, 15) is 4.79 Å². The Labute approximate surface area is 112 Å². The average molecular weight is 251 g/mol. The van der Waals surface area contributed by atoms with Crippen LogP contribution in [0.25, 0.3) is 0 Å². The predicted molar refractivity (Wildman–Crippen MR) is 75.2 cm³/mol. The molecule has 2 nitrogen and oxygen atoms in total. The number of hydrogen-bond donors (Lipinski definition) is 1. The topological polar surface area (TPSA) is 29.1 Å². The van der Waals surface area contributed by atoms with E-state index in [-0.39, 0.29) is 11.3 Å². The lowest BCUT2D eigenvalue weighted by Crippen LogP contribution is -2.61. The van der Waals surface area contributed by atoms with Crippen molar-refractivity contribution in [2.75, 3.05) is 0 Å². The molecular weight excluding hydrogens is 222 g/mol. The second-order valence-corrected chi connectivity index (χ2v) is 7.77. The SMILES string of the molecule is CCC(C)(C)C(=O)N[C@@H]1CC2C[C@@H](C1C)C2(C)C. The fourth-order valence-corrected chi connectivity index (χ4v) is 3.86. The van der Waals surface area contributed by atoms with Gasteiger partial charge in [-0.2, -0.15) is 0 Å². The van der Waals surface area contributed by atoms with Crippen molar-refractivity contribution in [3.63, 3.8) is 0 Å². The summed E-state index contributed by atoms with van der Waals surface area (Å²) < 4.78 is 0. The molecular formula is C16H29NO. The highest BCUT2D eigenvalue weighted by Crippen LogP contribution is 2.61. The standard InChI is InChI=1S/C16H29NO/c1-7-15(3,4)14(18)17-13-9-11-8-12(10(13)2)16(11,5)6/h10-13H,7-9H2,1-6H3,(H,17,18)/t10?,11?,12-,13+/m0/s1. The highest BCUT2D eigenvalue weighted by molar-refractivity contribution is 5.82. The normalized spacial score (nSPS) is 37.9. The molecule has 4 atom stereocenters. The Morgan fingerprint density at radius 3 is 2.39 bits per heavy atom. The van der Waals surface area contributed by atoms with Crippen LogP contribution in [0.15, 0.2) is 0 Å².